The molecular weight excluding hydrogens is 492 g/mol. The van der Waals surface area contributed by atoms with E-state index in [1.54, 1.807) is 37.8 Å². The fourth-order valence-corrected chi connectivity index (χ4v) is 3.63. The highest BCUT2D eigenvalue weighted by Gasteiger charge is 2.30. The molecule has 1 heterocycles. The van der Waals surface area contributed by atoms with Gasteiger partial charge in [-0.15, -0.1) is 0 Å². The number of carbonyl (C=O) groups excluding carboxylic acids is 5. The predicted octanol–water partition coefficient (Wildman–Crippen LogP) is 0.116. The van der Waals surface area contributed by atoms with Gasteiger partial charge in [0.05, 0.1) is 13.1 Å². The molecule has 12 heteroatoms. The van der Waals surface area contributed by atoms with E-state index in [0.717, 1.165) is 0 Å². The molecule has 1 aliphatic rings. The molecule has 2 rings (SSSR count). The van der Waals surface area contributed by atoms with Crippen LogP contribution in [0.3, 0.4) is 0 Å². The summed E-state index contributed by atoms with van der Waals surface area (Å²) in [4.78, 5) is 63.6. The SMILES string of the molecule is CCC(=O)OCc1ccc(NC(=O)CNC(=O)C(NC(=O)CNC(C)C)C(C)C)cc1C(=O)N1CC(N)C1. The second-order valence-electron chi connectivity index (χ2n) is 9.95. The normalized spacial score (nSPS) is 14.1. The lowest BCUT2D eigenvalue weighted by Gasteiger charge is -2.37. The van der Waals surface area contributed by atoms with Crippen LogP contribution in [0.2, 0.25) is 0 Å². The number of ether oxygens (including phenoxy) is 1. The van der Waals surface area contributed by atoms with Crippen LogP contribution in [-0.2, 0) is 30.5 Å². The van der Waals surface area contributed by atoms with E-state index in [1.807, 2.05) is 13.8 Å². The maximum absolute atomic E-state index is 13.0. The molecule has 6 N–H and O–H groups in total. The van der Waals surface area contributed by atoms with E-state index in [1.165, 1.54) is 6.07 Å². The van der Waals surface area contributed by atoms with E-state index in [2.05, 4.69) is 21.3 Å². The van der Waals surface area contributed by atoms with Crippen LogP contribution in [0, 0.1) is 5.92 Å². The first-order valence-corrected chi connectivity index (χ1v) is 12.8. The fraction of sp³-hybridized carbons (Fsp3) is 0.577. The number of esters is 1. The van der Waals surface area contributed by atoms with Gasteiger partial charge in [-0.1, -0.05) is 40.7 Å². The van der Waals surface area contributed by atoms with Gasteiger partial charge >= 0.3 is 5.97 Å². The lowest BCUT2D eigenvalue weighted by atomic mass is 10.0. The minimum atomic E-state index is -0.804. The number of benzene rings is 1. The third-order valence-corrected chi connectivity index (χ3v) is 5.86. The Morgan fingerprint density at radius 2 is 1.74 bits per heavy atom. The average Bonchev–Trinajstić information content (AvgIpc) is 2.85. The molecule has 12 nitrogen and oxygen atoms in total. The number of hydrogen-bond donors (Lipinski definition) is 5. The van der Waals surface area contributed by atoms with E-state index in [9.17, 15) is 24.0 Å². The van der Waals surface area contributed by atoms with E-state index >= 15 is 0 Å². The molecule has 0 saturated carbocycles. The van der Waals surface area contributed by atoms with Crippen LogP contribution in [0.5, 0.6) is 0 Å². The number of amides is 4. The second kappa shape index (κ2) is 14.4. The molecule has 1 aliphatic heterocycles. The zero-order valence-electron chi connectivity index (χ0n) is 22.8. The fourth-order valence-electron chi connectivity index (χ4n) is 3.63. The first kappa shape index (κ1) is 30.7. The van der Waals surface area contributed by atoms with Crippen molar-refractivity contribution in [1.82, 2.24) is 20.9 Å². The molecule has 0 spiro atoms. The molecular formula is C26H40N6O6. The van der Waals surface area contributed by atoms with Gasteiger partial charge in [-0.05, 0) is 18.1 Å². The van der Waals surface area contributed by atoms with Crippen molar-refractivity contribution in [2.45, 2.75) is 65.8 Å². The molecule has 4 amide bonds. The number of hydrogen-bond acceptors (Lipinski definition) is 8. The number of likely N-dealkylation sites (tertiary alicyclic amines) is 1. The Kier molecular flexibility index (Phi) is 11.7. The number of carbonyl (C=O) groups is 5. The summed E-state index contributed by atoms with van der Waals surface area (Å²) in [6.07, 6.45) is 0.209. The predicted molar refractivity (Wildman–Crippen MR) is 142 cm³/mol. The van der Waals surface area contributed by atoms with Gasteiger partial charge in [-0.2, -0.15) is 0 Å². The minimum Gasteiger partial charge on any atom is -0.461 e. The number of nitrogens with one attached hydrogen (secondary N) is 4. The van der Waals surface area contributed by atoms with Crippen molar-refractivity contribution in [3.8, 4) is 0 Å². The van der Waals surface area contributed by atoms with Crippen LogP contribution in [0.4, 0.5) is 5.69 Å². The highest BCUT2D eigenvalue weighted by molar-refractivity contribution is 6.00. The maximum Gasteiger partial charge on any atom is 0.305 e. The van der Waals surface area contributed by atoms with Crippen LogP contribution in [-0.4, -0.2) is 78.8 Å². The van der Waals surface area contributed by atoms with Crippen molar-refractivity contribution in [3.63, 3.8) is 0 Å². The van der Waals surface area contributed by atoms with Gasteiger partial charge in [0, 0.05) is 48.4 Å². The number of anilines is 1. The Balaban J connectivity index is 2.02. The minimum absolute atomic E-state index is 0.0761. The maximum atomic E-state index is 13.0. The lowest BCUT2D eigenvalue weighted by Crippen LogP contribution is -2.57. The summed E-state index contributed by atoms with van der Waals surface area (Å²) < 4.78 is 5.20. The molecule has 0 radical (unpaired) electrons. The Morgan fingerprint density at radius 1 is 1.05 bits per heavy atom. The van der Waals surface area contributed by atoms with Gasteiger partial charge < -0.3 is 36.6 Å². The smallest absolute Gasteiger partial charge is 0.305 e. The van der Waals surface area contributed by atoms with E-state index in [4.69, 9.17) is 10.5 Å². The van der Waals surface area contributed by atoms with Gasteiger partial charge in [0.1, 0.15) is 12.6 Å². The summed E-state index contributed by atoms with van der Waals surface area (Å²) in [6.45, 7) is 9.58. The first-order valence-electron chi connectivity index (χ1n) is 12.8. The van der Waals surface area contributed by atoms with Crippen molar-refractivity contribution in [3.05, 3.63) is 29.3 Å². The quantitative estimate of drug-likeness (QED) is 0.223. The zero-order chi connectivity index (χ0) is 28.4. The van der Waals surface area contributed by atoms with Crippen LogP contribution >= 0.6 is 0 Å². The highest BCUT2D eigenvalue weighted by atomic mass is 16.5. The summed E-state index contributed by atoms with van der Waals surface area (Å²) in [5.74, 6) is -2.18. The molecule has 1 fully saturated rings. The third-order valence-electron chi connectivity index (χ3n) is 5.86. The standard InChI is InChI=1S/C26H40N6O6/c1-6-23(35)38-14-17-7-8-19(9-20(17)26(37)32-12-18(27)13-32)30-21(33)11-29-25(36)24(15(2)3)31-22(34)10-28-16(4)5/h7-9,15-16,18,24,28H,6,10-14,27H2,1-5H3,(H,29,36)(H,30,33)(H,31,34). The summed E-state index contributed by atoms with van der Waals surface area (Å²) in [5, 5.41) is 10.9. The molecule has 38 heavy (non-hydrogen) atoms. The lowest BCUT2D eigenvalue weighted by molar-refractivity contribution is -0.144. The Labute approximate surface area is 223 Å². The van der Waals surface area contributed by atoms with Crippen LogP contribution < -0.4 is 27.0 Å². The molecule has 1 saturated heterocycles. The Morgan fingerprint density at radius 3 is 2.32 bits per heavy atom. The molecule has 0 aliphatic carbocycles. The summed E-state index contributed by atoms with van der Waals surface area (Å²) in [7, 11) is 0. The highest BCUT2D eigenvalue weighted by Crippen LogP contribution is 2.21. The average molecular weight is 533 g/mol. The summed E-state index contributed by atoms with van der Waals surface area (Å²) in [6, 6.07) is 3.95. The first-order chi connectivity index (χ1) is 17.9. The molecule has 1 atom stereocenters. The van der Waals surface area contributed by atoms with Crippen LogP contribution in [0.15, 0.2) is 18.2 Å². The molecule has 0 aromatic heterocycles. The van der Waals surface area contributed by atoms with Gasteiger partial charge in [0.25, 0.3) is 5.91 Å². The van der Waals surface area contributed by atoms with Crippen molar-refractivity contribution >= 4 is 35.3 Å². The van der Waals surface area contributed by atoms with Gasteiger partial charge in [-0.3, -0.25) is 24.0 Å². The monoisotopic (exact) mass is 532 g/mol. The number of nitrogens with two attached hydrogens (primary N) is 1. The summed E-state index contributed by atoms with van der Waals surface area (Å²) in [5.41, 5.74) is 6.95. The van der Waals surface area contributed by atoms with Crippen LogP contribution in [0.1, 0.15) is 57.0 Å². The zero-order valence-corrected chi connectivity index (χ0v) is 22.8. The van der Waals surface area contributed by atoms with Crippen molar-refractivity contribution in [2.24, 2.45) is 11.7 Å². The van der Waals surface area contributed by atoms with Gasteiger partial charge in [0.15, 0.2) is 0 Å². The molecule has 0 bridgehead atoms. The Bertz CT molecular complexity index is 1020. The number of rotatable bonds is 13. The molecule has 1 unspecified atom stereocenters. The third kappa shape index (κ3) is 9.42. The molecule has 1 aromatic carbocycles. The topological polar surface area (TPSA) is 172 Å². The van der Waals surface area contributed by atoms with E-state index in [-0.39, 0.29) is 55.9 Å². The van der Waals surface area contributed by atoms with E-state index < -0.39 is 23.8 Å². The largest absolute Gasteiger partial charge is 0.461 e. The van der Waals surface area contributed by atoms with Crippen molar-refractivity contribution in [1.29, 1.82) is 0 Å². The van der Waals surface area contributed by atoms with Crippen LogP contribution in [0.25, 0.3) is 0 Å². The summed E-state index contributed by atoms with van der Waals surface area (Å²) >= 11 is 0. The Hall–Kier alpha value is -3.51. The number of nitrogens with zero attached hydrogens (tertiary/aromatic N) is 1. The second-order valence-corrected chi connectivity index (χ2v) is 9.95. The van der Waals surface area contributed by atoms with E-state index in [0.29, 0.717) is 29.9 Å². The van der Waals surface area contributed by atoms with Crippen molar-refractivity contribution in [2.75, 3.05) is 31.5 Å². The molecule has 1 aromatic rings. The molecule has 210 valence electrons. The van der Waals surface area contributed by atoms with Crippen molar-refractivity contribution < 1.29 is 28.7 Å². The van der Waals surface area contributed by atoms with Gasteiger partial charge in [0.2, 0.25) is 17.7 Å². The van der Waals surface area contributed by atoms with Gasteiger partial charge in [-0.25, -0.2) is 0 Å².